The Morgan fingerprint density at radius 2 is 1.73 bits per heavy atom. The Hall–Kier alpha value is -2.11. The Labute approximate surface area is 211 Å². The molecular weight excluding hydrogens is 538 g/mol. The largest absolute Gasteiger partial charge is 0.486 e. The van der Waals surface area contributed by atoms with Crippen molar-refractivity contribution in [2.45, 2.75) is 12.5 Å². The predicted octanol–water partition coefficient (Wildman–Crippen LogP) is 3.00. The van der Waals surface area contributed by atoms with E-state index in [9.17, 15) is 4.39 Å². The first-order chi connectivity index (χ1) is 15.7. The molecule has 180 valence electrons. The van der Waals surface area contributed by atoms with Crippen molar-refractivity contribution in [3.8, 4) is 11.5 Å². The number of halogens is 2. The van der Waals surface area contributed by atoms with Crippen LogP contribution >= 0.6 is 24.0 Å². The molecule has 2 heterocycles. The van der Waals surface area contributed by atoms with Gasteiger partial charge in [0.2, 0.25) is 0 Å². The van der Waals surface area contributed by atoms with Crippen LogP contribution in [0.2, 0.25) is 0 Å². The summed E-state index contributed by atoms with van der Waals surface area (Å²) in [5.41, 5.74) is 2.25. The molecular formula is C24H32FIN4O3. The van der Waals surface area contributed by atoms with Gasteiger partial charge >= 0.3 is 0 Å². The van der Waals surface area contributed by atoms with Gasteiger partial charge in [-0.2, -0.15) is 0 Å². The van der Waals surface area contributed by atoms with Gasteiger partial charge < -0.3 is 24.8 Å². The fourth-order valence-corrected chi connectivity index (χ4v) is 4.01. The summed E-state index contributed by atoms with van der Waals surface area (Å²) in [7, 11) is 1.76. The first-order valence-electron chi connectivity index (χ1n) is 11.1. The molecule has 0 radical (unpaired) electrons. The summed E-state index contributed by atoms with van der Waals surface area (Å²) in [4.78, 5) is 6.73. The molecule has 1 fully saturated rings. The molecule has 7 nitrogen and oxygen atoms in total. The average molecular weight is 570 g/mol. The summed E-state index contributed by atoms with van der Waals surface area (Å²) in [6.07, 6.45) is 0.836. The van der Waals surface area contributed by atoms with Crippen LogP contribution in [0.1, 0.15) is 17.2 Å². The van der Waals surface area contributed by atoms with Crippen LogP contribution < -0.4 is 20.1 Å². The minimum Gasteiger partial charge on any atom is -0.486 e. The van der Waals surface area contributed by atoms with Crippen molar-refractivity contribution in [3.05, 3.63) is 59.4 Å². The molecule has 0 aromatic heterocycles. The predicted molar refractivity (Wildman–Crippen MR) is 137 cm³/mol. The Bertz CT molecular complexity index is 907. The molecule has 33 heavy (non-hydrogen) atoms. The highest BCUT2D eigenvalue weighted by atomic mass is 127. The van der Waals surface area contributed by atoms with Crippen molar-refractivity contribution in [1.29, 1.82) is 0 Å². The average Bonchev–Trinajstić information content (AvgIpc) is 2.84. The SMILES string of the molecule is CN=C(NCCc1ccc2c(c1)OCCO2)NCC(c1ccc(F)cc1)N1CCOCC1.I. The summed E-state index contributed by atoms with van der Waals surface area (Å²) in [5.74, 6) is 2.13. The van der Waals surface area contributed by atoms with Gasteiger partial charge in [0.15, 0.2) is 17.5 Å². The minimum atomic E-state index is -0.223. The second-order valence-electron chi connectivity index (χ2n) is 7.82. The van der Waals surface area contributed by atoms with Crippen LogP contribution in [0.4, 0.5) is 4.39 Å². The molecule has 0 spiro atoms. The zero-order chi connectivity index (χ0) is 22.2. The molecule has 0 aliphatic carbocycles. The molecule has 2 aliphatic rings. The van der Waals surface area contributed by atoms with Gasteiger partial charge in [-0.1, -0.05) is 18.2 Å². The van der Waals surface area contributed by atoms with Gasteiger partial charge in [0.05, 0.1) is 19.3 Å². The van der Waals surface area contributed by atoms with E-state index in [4.69, 9.17) is 14.2 Å². The van der Waals surface area contributed by atoms with Crippen LogP contribution in [-0.2, 0) is 11.2 Å². The van der Waals surface area contributed by atoms with Crippen LogP contribution in [0.3, 0.4) is 0 Å². The zero-order valence-electron chi connectivity index (χ0n) is 18.9. The van der Waals surface area contributed by atoms with E-state index < -0.39 is 0 Å². The number of guanidine groups is 1. The van der Waals surface area contributed by atoms with Gasteiger partial charge in [-0.05, 0) is 41.8 Å². The summed E-state index contributed by atoms with van der Waals surface area (Å²) < 4.78 is 30.2. The molecule has 9 heteroatoms. The lowest BCUT2D eigenvalue weighted by molar-refractivity contribution is 0.0170. The summed E-state index contributed by atoms with van der Waals surface area (Å²) >= 11 is 0. The fourth-order valence-electron chi connectivity index (χ4n) is 4.01. The highest BCUT2D eigenvalue weighted by molar-refractivity contribution is 14.0. The van der Waals surface area contributed by atoms with E-state index in [0.717, 1.165) is 49.1 Å². The van der Waals surface area contributed by atoms with Crippen molar-refractivity contribution in [3.63, 3.8) is 0 Å². The molecule has 2 aliphatic heterocycles. The lowest BCUT2D eigenvalue weighted by Crippen LogP contribution is -2.46. The lowest BCUT2D eigenvalue weighted by atomic mass is 10.0. The number of ether oxygens (including phenoxy) is 3. The Kier molecular flexibility index (Phi) is 10.0. The fraction of sp³-hybridized carbons (Fsp3) is 0.458. The molecule has 2 aromatic carbocycles. The standard InChI is InChI=1S/C24H31FN4O3.HI/c1-26-24(27-9-8-18-2-7-22-23(16-18)32-15-14-31-22)28-17-21(29-10-12-30-13-11-29)19-3-5-20(25)6-4-19;/h2-7,16,21H,8-15,17H2,1H3,(H2,26,27,28);1H. The molecule has 4 rings (SSSR count). The van der Waals surface area contributed by atoms with E-state index in [1.165, 1.54) is 17.7 Å². The van der Waals surface area contributed by atoms with E-state index >= 15 is 0 Å². The van der Waals surface area contributed by atoms with Crippen molar-refractivity contribution >= 4 is 29.9 Å². The number of hydrogen-bond acceptors (Lipinski definition) is 5. The normalized spacial score (nSPS) is 17.1. The van der Waals surface area contributed by atoms with Gasteiger partial charge in [0.25, 0.3) is 0 Å². The first-order valence-corrected chi connectivity index (χ1v) is 11.1. The first kappa shape index (κ1) is 25.5. The quantitative estimate of drug-likeness (QED) is 0.303. The highest BCUT2D eigenvalue weighted by Gasteiger charge is 2.23. The third-order valence-corrected chi connectivity index (χ3v) is 5.74. The molecule has 0 amide bonds. The second kappa shape index (κ2) is 13.0. The molecule has 1 unspecified atom stereocenters. The Balaban J connectivity index is 0.00000306. The number of aliphatic imine (C=N–C) groups is 1. The van der Waals surface area contributed by atoms with Crippen molar-refractivity contribution < 1.29 is 18.6 Å². The Morgan fingerprint density at radius 1 is 1.00 bits per heavy atom. The zero-order valence-corrected chi connectivity index (χ0v) is 21.2. The van der Waals surface area contributed by atoms with Gasteiger partial charge in [-0.3, -0.25) is 9.89 Å². The number of benzene rings is 2. The summed E-state index contributed by atoms with van der Waals surface area (Å²) in [6, 6.07) is 12.9. The van der Waals surface area contributed by atoms with E-state index in [1.54, 1.807) is 7.05 Å². The van der Waals surface area contributed by atoms with Crippen LogP contribution in [0, 0.1) is 5.82 Å². The summed E-state index contributed by atoms with van der Waals surface area (Å²) in [6.45, 7) is 5.69. The maximum Gasteiger partial charge on any atom is 0.191 e. The second-order valence-corrected chi connectivity index (χ2v) is 7.82. The van der Waals surface area contributed by atoms with Gasteiger partial charge in [-0.25, -0.2) is 4.39 Å². The molecule has 1 saturated heterocycles. The van der Waals surface area contributed by atoms with Crippen LogP contribution in [0.25, 0.3) is 0 Å². The maximum atomic E-state index is 13.4. The number of nitrogens with one attached hydrogen (secondary N) is 2. The number of hydrogen-bond donors (Lipinski definition) is 2. The molecule has 1 atom stereocenters. The third-order valence-electron chi connectivity index (χ3n) is 5.74. The summed E-state index contributed by atoms with van der Waals surface area (Å²) in [5, 5.41) is 6.81. The molecule has 0 saturated carbocycles. The number of fused-ring (bicyclic) bond motifs is 1. The number of rotatable bonds is 7. The highest BCUT2D eigenvalue weighted by Crippen LogP contribution is 2.30. The molecule has 2 N–H and O–H groups in total. The maximum absolute atomic E-state index is 13.4. The lowest BCUT2D eigenvalue weighted by Gasteiger charge is -2.35. The van der Waals surface area contributed by atoms with Crippen molar-refractivity contribution in [2.24, 2.45) is 4.99 Å². The van der Waals surface area contributed by atoms with Gasteiger partial charge in [-0.15, -0.1) is 24.0 Å². The van der Waals surface area contributed by atoms with Gasteiger partial charge in [0.1, 0.15) is 19.0 Å². The van der Waals surface area contributed by atoms with Crippen LogP contribution in [0.5, 0.6) is 11.5 Å². The van der Waals surface area contributed by atoms with E-state index in [0.29, 0.717) is 33.0 Å². The van der Waals surface area contributed by atoms with Crippen molar-refractivity contribution in [1.82, 2.24) is 15.5 Å². The molecule has 0 bridgehead atoms. The van der Waals surface area contributed by atoms with E-state index in [-0.39, 0.29) is 35.8 Å². The minimum absolute atomic E-state index is 0. The number of nitrogens with zero attached hydrogens (tertiary/aromatic N) is 2. The third kappa shape index (κ3) is 7.18. The van der Waals surface area contributed by atoms with Crippen LogP contribution in [0.15, 0.2) is 47.5 Å². The van der Waals surface area contributed by atoms with Crippen molar-refractivity contribution in [2.75, 3.05) is 59.7 Å². The monoisotopic (exact) mass is 570 g/mol. The van der Waals surface area contributed by atoms with Crippen LogP contribution in [-0.4, -0.2) is 70.5 Å². The topological polar surface area (TPSA) is 67.4 Å². The smallest absolute Gasteiger partial charge is 0.191 e. The van der Waals surface area contributed by atoms with E-state index in [1.807, 2.05) is 24.3 Å². The Morgan fingerprint density at radius 3 is 2.45 bits per heavy atom. The number of morpholine rings is 1. The van der Waals surface area contributed by atoms with E-state index in [2.05, 4.69) is 26.6 Å². The van der Waals surface area contributed by atoms with Gasteiger partial charge in [0, 0.05) is 33.2 Å². The molecule has 2 aromatic rings.